The Balaban J connectivity index is 2.79. The van der Waals surface area contributed by atoms with Gasteiger partial charge in [0.25, 0.3) is 0 Å². The van der Waals surface area contributed by atoms with Crippen molar-refractivity contribution in [3.05, 3.63) is 11.1 Å². The molecule has 2 atom stereocenters. The average molecular weight is 312 g/mol. The molecule has 2 N–H and O–H groups in total. The quantitative estimate of drug-likeness (QED) is 0.675. The van der Waals surface area contributed by atoms with E-state index < -0.39 is 23.4 Å². The summed E-state index contributed by atoms with van der Waals surface area (Å²) in [5.41, 5.74) is 0.950. The minimum Gasteiger partial charge on any atom is -0.367 e. The molecule has 0 amide bonds. The van der Waals surface area contributed by atoms with E-state index in [1.807, 2.05) is 27.7 Å². The molecule has 128 valence electrons. The fourth-order valence-electron chi connectivity index (χ4n) is 4.45. The number of rotatable bonds is 0. The highest BCUT2D eigenvalue weighted by atomic mass is 16.6. The van der Waals surface area contributed by atoms with Crippen LogP contribution in [0.25, 0.3) is 0 Å². The first-order valence-electron chi connectivity index (χ1n) is 8.10. The zero-order chi connectivity index (χ0) is 17.1. The monoisotopic (exact) mass is 312 g/mol. The van der Waals surface area contributed by atoms with Crippen molar-refractivity contribution in [1.29, 1.82) is 0 Å². The second kappa shape index (κ2) is 5.04. The first kappa shape index (κ1) is 17.9. The number of aliphatic hydroxyl groups excluding tert-OH is 2. The van der Waals surface area contributed by atoms with Gasteiger partial charge >= 0.3 is 0 Å². The van der Waals surface area contributed by atoms with E-state index >= 15 is 0 Å². The largest absolute Gasteiger partial charge is 0.367 e. The third-order valence-electron chi connectivity index (χ3n) is 5.33. The van der Waals surface area contributed by atoms with E-state index in [1.165, 1.54) is 11.1 Å². The van der Waals surface area contributed by atoms with Gasteiger partial charge in [0.15, 0.2) is 12.6 Å². The predicted octanol–water partition coefficient (Wildman–Crippen LogP) is 3.09. The van der Waals surface area contributed by atoms with E-state index in [0.29, 0.717) is 13.2 Å². The van der Waals surface area contributed by atoms with E-state index in [2.05, 4.69) is 27.7 Å². The van der Waals surface area contributed by atoms with Gasteiger partial charge in [0.2, 0.25) is 0 Å². The van der Waals surface area contributed by atoms with Gasteiger partial charge in [0, 0.05) is 21.7 Å². The highest BCUT2D eigenvalue weighted by Crippen LogP contribution is 2.57. The lowest BCUT2D eigenvalue weighted by atomic mass is 9.56. The van der Waals surface area contributed by atoms with Crippen LogP contribution in [-0.2, 0) is 9.47 Å². The first-order valence-corrected chi connectivity index (χ1v) is 8.10. The number of ether oxygens (including phenoxy) is 2. The predicted molar refractivity (Wildman–Crippen MR) is 86.1 cm³/mol. The molecule has 2 aliphatic heterocycles. The smallest absolute Gasteiger partial charge is 0.163 e. The van der Waals surface area contributed by atoms with Crippen LogP contribution < -0.4 is 0 Å². The normalized spacial score (nSPS) is 39.5. The highest BCUT2D eigenvalue weighted by Gasteiger charge is 2.54. The van der Waals surface area contributed by atoms with Gasteiger partial charge in [-0.3, -0.25) is 0 Å². The fourth-order valence-corrected chi connectivity index (χ4v) is 4.45. The summed E-state index contributed by atoms with van der Waals surface area (Å²) in [4.78, 5) is 0. The van der Waals surface area contributed by atoms with Crippen molar-refractivity contribution >= 4 is 0 Å². The SMILES string of the molecule is CC1(C)COC(O)C(C)(C)/C1=C1\C(C)(C)COC(O)C1(C)C. The van der Waals surface area contributed by atoms with Crippen molar-refractivity contribution in [3.8, 4) is 0 Å². The molecule has 4 heteroatoms. The highest BCUT2D eigenvalue weighted by molar-refractivity contribution is 5.38. The molecule has 0 aromatic heterocycles. The molecule has 0 radical (unpaired) electrons. The fraction of sp³-hybridized carbons (Fsp3) is 0.889. The molecule has 2 heterocycles. The Kier molecular flexibility index (Phi) is 4.10. The lowest BCUT2D eigenvalue weighted by molar-refractivity contribution is -0.211. The molecule has 22 heavy (non-hydrogen) atoms. The zero-order valence-electron chi connectivity index (χ0n) is 15.3. The average Bonchev–Trinajstić information content (AvgIpc) is 2.35. The van der Waals surface area contributed by atoms with Crippen molar-refractivity contribution in [2.24, 2.45) is 21.7 Å². The first-order chi connectivity index (χ1) is 9.74. The molecule has 2 saturated heterocycles. The van der Waals surface area contributed by atoms with Crippen LogP contribution in [0, 0.1) is 21.7 Å². The molecule has 2 unspecified atom stereocenters. The number of hydrogen-bond acceptors (Lipinski definition) is 4. The van der Waals surface area contributed by atoms with E-state index in [0.717, 1.165) is 0 Å². The second-order valence-corrected chi connectivity index (χ2v) is 9.29. The molecule has 2 rings (SSSR count). The van der Waals surface area contributed by atoms with Crippen LogP contribution in [0.5, 0.6) is 0 Å². The lowest BCUT2D eigenvalue weighted by Crippen LogP contribution is -2.54. The summed E-state index contributed by atoms with van der Waals surface area (Å²) in [5, 5.41) is 20.9. The summed E-state index contributed by atoms with van der Waals surface area (Å²) in [6.07, 6.45) is -1.68. The summed E-state index contributed by atoms with van der Waals surface area (Å²) in [6.45, 7) is 17.6. The molecule has 0 aromatic carbocycles. The van der Waals surface area contributed by atoms with Crippen LogP contribution >= 0.6 is 0 Å². The molecule has 2 fully saturated rings. The minimum absolute atomic E-state index is 0.205. The third-order valence-corrected chi connectivity index (χ3v) is 5.33. The second-order valence-electron chi connectivity index (χ2n) is 9.29. The van der Waals surface area contributed by atoms with Crippen LogP contribution in [0.1, 0.15) is 55.4 Å². The molecule has 0 aliphatic carbocycles. The van der Waals surface area contributed by atoms with Crippen molar-refractivity contribution in [1.82, 2.24) is 0 Å². The molecule has 0 bridgehead atoms. The van der Waals surface area contributed by atoms with Gasteiger partial charge in [0.1, 0.15) is 0 Å². The van der Waals surface area contributed by atoms with Crippen molar-refractivity contribution in [3.63, 3.8) is 0 Å². The summed E-state index contributed by atoms with van der Waals surface area (Å²) in [5.74, 6) is 0. The Morgan fingerprint density at radius 2 is 0.955 bits per heavy atom. The van der Waals surface area contributed by atoms with Gasteiger partial charge in [-0.25, -0.2) is 0 Å². The van der Waals surface area contributed by atoms with Gasteiger partial charge in [-0.2, -0.15) is 0 Å². The lowest BCUT2D eigenvalue weighted by Gasteiger charge is -2.55. The van der Waals surface area contributed by atoms with Crippen molar-refractivity contribution < 1.29 is 19.7 Å². The van der Waals surface area contributed by atoms with Gasteiger partial charge < -0.3 is 19.7 Å². The Labute approximate surface area is 134 Å². The Hall–Kier alpha value is -0.420. The zero-order valence-corrected chi connectivity index (χ0v) is 15.3. The summed E-state index contributed by atoms with van der Waals surface area (Å²) >= 11 is 0. The summed E-state index contributed by atoms with van der Waals surface area (Å²) in [6, 6.07) is 0. The van der Waals surface area contributed by atoms with Gasteiger partial charge in [-0.15, -0.1) is 0 Å². The van der Waals surface area contributed by atoms with E-state index in [1.54, 1.807) is 0 Å². The van der Waals surface area contributed by atoms with Crippen LogP contribution in [0.15, 0.2) is 11.1 Å². The van der Waals surface area contributed by atoms with Gasteiger partial charge in [-0.1, -0.05) is 66.5 Å². The molecule has 0 saturated carbocycles. The maximum absolute atomic E-state index is 10.4. The van der Waals surface area contributed by atoms with Crippen LogP contribution in [0.4, 0.5) is 0 Å². The number of hydrogen-bond donors (Lipinski definition) is 2. The molecule has 0 aromatic rings. The van der Waals surface area contributed by atoms with Crippen LogP contribution in [0.2, 0.25) is 0 Å². The van der Waals surface area contributed by atoms with E-state index in [9.17, 15) is 10.2 Å². The van der Waals surface area contributed by atoms with E-state index in [4.69, 9.17) is 9.47 Å². The molecule has 2 aliphatic rings. The molecule has 0 spiro atoms. The Bertz CT molecular complexity index is 441. The van der Waals surface area contributed by atoms with Crippen LogP contribution in [-0.4, -0.2) is 36.0 Å². The number of aliphatic hydroxyl groups is 2. The topological polar surface area (TPSA) is 58.9 Å². The maximum Gasteiger partial charge on any atom is 0.163 e. The van der Waals surface area contributed by atoms with Crippen LogP contribution in [0.3, 0.4) is 0 Å². The minimum atomic E-state index is -0.838. The van der Waals surface area contributed by atoms with Crippen molar-refractivity contribution in [2.45, 2.75) is 68.0 Å². The maximum atomic E-state index is 10.4. The molecular formula is C18H32O4. The molecule has 4 nitrogen and oxygen atoms in total. The summed E-state index contributed by atoms with van der Waals surface area (Å²) in [7, 11) is 0. The third kappa shape index (κ3) is 2.54. The van der Waals surface area contributed by atoms with Gasteiger partial charge in [-0.05, 0) is 0 Å². The Morgan fingerprint density at radius 1 is 0.682 bits per heavy atom. The molecular weight excluding hydrogens is 280 g/mol. The summed E-state index contributed by atoms with van der Waals surface area (Å²) < 4.78 is 11.2. The van der Waals surface area contributed by atoms with Gasteiger partial charge in [0.05, 0.1) is 13.2 Å². The standard InChI is InChI=1S/C18H32O4/c1-15(2)9-21-13(19)17(5,6)11(15)12-16(3,4)10-22-14(20)18(12,7)8/h13-14,19-20H,9-10H2,1-8H3/b12-11+. The van der Waals surface area contributed by atoms with E-state index in [-0.39, 0.29) is 10.8 Å². The Morgan fingerprint density at radius 3 is 1.23 bits per heavy atom. The van der Waals surface area contributed by atoms with Crippen molar-refractivity contribution in [2.75, 3.05) is 13.2 Å².